The Morgan fingerprint density at radius 1 is 1.33 bits per heavy atom. The number of carbonyl (C=O) groups is 1. The Morgan fingerprint density at radius 2 is 2.19 bits per heavy atom. The summed E-state index contributed by atoms with van der Waals surface area (Å²) in [5, 5.41) is 2.94. The Bertz CT molecular complexity index is 771. The lowest BCUT2D eigenvalue weighted by molar-refractivity contribution is -0.125. The highest BCUT2D eigenvalue weighted by Crippen LogP contribution is 2.28. The Labute approximate surface area is 156 Å². The maximum atomic E-state index is 12.6. The van der Waals surface area contributed by atoms with Crippen molar-refractivity contribution in [3.05, 3.63) is 48.3 Å². The third-order valence-corrected chi connectivity index (χ3v) is 4.23. The van der Waals surface area contributed by atoms with Gasteiger partial charge in [-0.15, -0.1) is 0 Å². The molecule has 2 aromatic rings. The first-order chi connectivity index (χ1) is 13.0. The van der Waals surface area contributed by atoms with Crippen molar-refractivity contribution in [3.8, 4) is 11.5 Å². The van der Waals surface area contributed by atoms with Crippen LogP contribution in [0.3, 0.4) is 0 Å². The van der Waals surface area contributed by atoms with Crippen molar-refractivity contribution in [2.75, 3.05) is 31.7 Å². The number of pyridine rings is 1. The van der Waals surface area contributed by atoms with E-state index in [1.54, 1.807) is 6.07 Å². The monoisotopic (exact) mass is 377 g/mol. The molecule has 0 bridgehead atoms. The van der Waals surface area contributed by atoms with Gasteiger partial charge < -0.3 is 19.7 Å². The molecular formula is C19H21F2N3O3. The van der Waals surface area contributed by atoms with Gasteiger partial charge >= 0.3 is 0 Å². The average Bonchev–Trinajstić information content (AvgIpc) is 3.11. The van der Waals surface area contributed by atoms with E-state index in [0.717, 1.165) is 18.7 Å². The van der Waals surface area contributed by atoms with Crippen LogP contribution < -0.4 is 15.0 Å². The maximum absolute atomic E-state index is 12.6. The van der Waals surface area contributed by atoms with Crippen LogP contribution in [0.2, 0.25) is 0 Å². The topological polar surface area (TPSA) is 63.7 Å². The smallest absolute Gasteiger partial charge is 0.280 e. The SMILES string of the molecule is COCC(=O)N[C@H]1CCN(c2cccc(Oc3ccc(C(F)F)nc3)c2)C1. The minimum Gasteiger partial charge on any atom is -0.456 e. The van der Waals surface area contributed by atoms with Crippen molar-refractivity contribution in [1.82, 2.24) is 10.3 Å². The van der Waals surface area contributed by atoms with Gasteiger partial charge in [-0.05, 0) is 30.7 Å². The van der Waals surface area contributed by atoms with Crippen LogP contribution >= 0.6 is 0 Å². The van der Waals surface area contributed by atoms with E-state index in [-0.39, 0.29) is 24.2 Å². The summed E-state index contributed by atoms with van der Waals surface area (Å²) >= 11 is 0. The van der Waals surface area contributed by atoms with E-state index >= 15 is 0 Å². The molecule has 1 atom stereocenters. The van der Waals surface area contributed by atoms with E-state index in [1.165, 1.54) is 25.4 Å². The van der Waals surface area contributed by atoms with E-state index in [2.05, 4.69) is 15.2 Å². The maximum Gasteiger partial charge on any atom is 0.280 e. The van der Waals surface area contributed by atoms with E-state index in [9.17, 15) is 13.6 Å². The van der Waals surface area contributed by atoms with Gasteiger partial charge in [0, 0.05) is 38.0 Å². The number of rotatable bonds is 7. The Morgan fingerprint density at radius 3 is 2.89 bits per heavy atom. The molecule has 144 valence electrons. The van der Waals surface area contributed by atoms with Crippen molar-refractivity contribution >= 4 is 11.6 Å². The van der Waals surface area contributed by atoms with E-state index in [0.29, 0.717) is 18.0 Å². The molecule has 0 unspecified atom stereocenters. The van der Waals surface area contributed by atoms with Gasteiger partial charge in [0.05, 0.1) is 6.20 Å². The number of ether oxygens (including phenoxy) is 2. The molecular weight excluding hydrogens is 356 g/mol. The number of alkyl halides is 2. The molecule has 2 heterocycles. The fourth-order valence-electron chi connectivity index (χ4n) is 2.97. The van der Waals surface area contributed by atoms with Crippen LogP contribution in [0, 0.1) is 0 Å². The van der Waals surface area contributed by atoms with E-state index in [1.807, 2.05) is 18.2 Å². The largest absolute Gasteiger partial charge is 0.456 e. The number of methoxy groups -OCH3 is 1. The summed E-state index contributed by atoms with van der Waals surface area (Å²) < 4.78 is 35.7. The fraction of sp³-hybridized carbons (Fsp3) is 0.368. The van der Waals surface area contributed by atoms with Gasteiger partial charge in [-0.25, -0.2) is 8.78 Å². The molecule has 1 aromatic heterocycles. The second kappa shape index (κ2) is 8.77. The number of amides is 1. The van der Waals surface area contributed by atoms with Crippen LogP contribution in [0.1, 0.15) is 18.5 Å². The zero-order chi connectivity index (χ0) is 19.2. The molecule has 1 aromatic carbocycles. The summed E-state index contributed by atoms with van der Waals surface area (Å²) in [5.74, 6) is 0.856. The molecule has 0 spiro atoms. The highest BCUT2D eigenvalue weighted by molar-refractivity contribution is 5.77. The number of aromatic nitrogens is 1. The number of nitrogens with zero attached hydrogens (tertiary/aromatic N) is 2. The van der Waals surface area contributed by atoms with Crippen LogP contribution in [0.4, 0.5) is 14.5 Å². The lowest BCUT2D eigenvalue weighted by atomic mass is 10.2. The molecule has 1 fully saturated rings. The number of nitrogens with one attached hydrogen (secondary N) is 1. The number of hydrogen-bond acceptors (Lipinski definition) is 5. The summed E-state index contributed by atoms with van der Waals surface area (Å²) in [6.07, 6.45) is -0.472. The first kappa shape index (κ1) is 19.0. The fourth-order valence-corrected chi connectivity index (χ4v) is 2.97. The average molecular weight is 377 g/mol. The standard InChI is InChI=1S/C19H21F2N3O3/c1-26-12-18(25)23-13-7-8-24(11-13)14-3-2-4-15(9-14)27-16-5-6-17(19(20)21)22-10-16/h2-6,9-10,13,19H,7-8,11-12H2,1H3,(H,23,25)/t13-/m0/s1. The molecule has 1 saturated heterocycles. The highest BCUT2D eigenvalue weighted by Gasteiger charge is 2.24. The molecule has 1 N–H and O–H groups in total. The van der Waals surface area contributed by atoms with Crippen LogP contribution in [-0.2, 0) is 9.53 Å². The van der Waals surface area contributed by atoms with Crippen molar-refractivity contribution in [3.63, 3.8) is 0 Å². The van der Waals surface area contributed by atoms with Gasteiger partial charge in [-0.2, -0.15) is 0 Å². The van der Waals surface area contributed by atoms with Crippen LogP contribution in [0.25, 0.3) is 0 Å². The van der Waals surface area contributed by atoms with E-state index < -0.39 is 6.43 Å². The lowest BCUT2D eigenvalue weighted by Crippen LogP contribution is -2.38. The van der Waals surface area contributed by atoms with Crippen LogP contribution in [-0.4, -0.2) is 43.7 Å². The van der Waals surface area contributed by atoms with Crippen molar-refractivity contribution in [1.29, 1.82) is 0 Å². The van der Waals surface area contributed by atoms with E-state index in [4.69, 9.17) is 9.47 Å². The predicted molar refractivity (Wildman–Crippen MR) is 96.3 cm³/mol. The number of benzene rings is 1. The molecule has 0 saturated carbocycles. The summed E-state index contributed by atoms with van der Waals surface area (Å²) in [4.78, 5) is 17.5. The summed E-state index contributed by atoms with van der Waals surface area (Å²) in [6, 6.07) is 10.3. The molecule has 0 aliphatic carbocycles. The second-order valence-corrected chi connectivity index (χ2v) is 6.25. The summed E-state index contributed by atoms with van der Waals surface area (Å²) in [6.45, 7) is 1.56. The second-order valence-electron chi connectivity index (χ2n) is 6.25. The minimum atomic E-state index is -2.60. The molecule has 27 heavy (non-hydrogen) atoms. The normalized spacial score (nSPS) is 16.6. The minimum absolute atomic E-state index is 0.0538. The Kier molecular flexibility index (Phi) is 6.18. The predicted octanol–water partition coefficient (Wildman–Crippen LogP) is 3.15. The van der Waals surface area contributed by atoms with Gasteiger partial charge in [-0.3, -0.25) is 9.78 Å². The summed E-state index contributed by atoms with van der Waals surface area (Å²) in [5.41, 5.74) is 0.683. The first-order valence-corrected chi connectivity index (χ1v) is 8.60. The Hall–Kier alpha value is -2.74. The van der Waals surface area contributed by atoms with Gasteiger partial charge in [-0.1, -0.05) is 6.07 Å². The van der Waals surface area contributed by atoms with Crippen LogP contribution in [0.5, 0.6) is 11.5 Å². The van der Waals surface area contributed by atoms with Gasteiger partial charge in [0.2, 0.25) is 5.91 Å². The third kappa shape index (κ3) is 5.13. The molecule has 8 heteroatoms. The zero-order valence-corrected chi connectivity index (χ0v) is 14.9. The number of carbonyl (C=O) groups excluding carboxylic acids is 1. The van der Waals surface area contributed by atoms with Gasteiger partial charge in [0.15, 0.2) is 0 Å². The molecule has 6 nitrogen and oxygen atoms in total. The third-order valence-electron chi connectivity index (χ3n) is 4.23. The molecule has 1 aliphatic heterocycles. The number of anilines is 1. The van der Waals surface area contributed by atoms with Crippen LogP contribution in [0.15, 0.2) is 42.6 Å². The summed E-state index contributed by atoms with van der Waals surface area (Å²) in [7, 11) is 1.49. The van der Waals surface area contributed by atoms with Crippen molar-refractivity contribution in [2.24, 2.45) is 0 Å². The molecule has 0 radical (unpaired) electrons. The van der Waals surface area contributed by atoms with Gasteiger partial charge in [0.1, 0.15) is 23.8 Å². The van der Waals surface area contributed by atoms with Crippen molar-refractivity contribution < 1.29 is 23.0 Å². The molecule has 1 amide bonds. The Balaban J connectivity index is 1.61. The molecule has 1 aliphatic rings. The van der Waals surface area contributed by atoms with Crippen molar-refractivity contribution in [2.45, 2.75) is 18.9 Å². The zero-order valence-electron chi connectivity index (χ0n) is 14.9. The number of halogens is 2. The number of hydrogen-bond donors (Lipinski definition) is 1. The lowest BCUT2D eigenvalue weighted by Gasteiger charge is -2.20. The van der Waals surface area contributed by atoms with Gasteiger partial charge in [0.25, 0.3) is 6.43 Å². The highest BCUT2D eigenvalue weighted by atomic mass is 19.3. The molecule has 3 rings (SSSR count). The first-order valence-electron chi connectivity index (χ1n) is 8.60. The quantitative estimate of drug-likeness (QED) is 0.803.